The molecule has 3 aromatic heterocycles. The van der Waals surface area contributed by atoms with Gasteiger partial charge in [0.2, 0.25) is 0 Å². The number of fused-ring (bicyclic) bond motifs is 1. The SMILES string of the molecule is Cc1c(Cc2cccc(OS(=O)(=O)n3ccnc3)c2F)c(=O)oc2cc(Oc3ncccc3F)ccc12. The molecule has 188 valence electrons. The van der Waals surface area contributed by atoms with Crippen molar-refractivity contribution in [3.05, 3.63) is 112 Å². The van der Waals surface area contributed by atoms with Gasteiger partial charge in [0.25, 0.3) is 5.88 Å². The Morgan fingerprint density at radius 1 is 1.08 bits per heavy atom. The minimum Gasteiger partial charge on any atom is -0.436 e. The van der Waals surface area contributed by atoms with Gasteiger partial charge in [-0.15, -0.1) is 0 Å². The zero-order valence-electron chi connectivity index (χ0n) is 19.1. The fourth-order valence-corrected chi connectivity index (χ4v) is 4.50. The van der Waals surface area contributed by atoms with Crippen molar-refractivity contribution < 1.29 is 30.5 Å². The van der Waals surface area contributed by atoms with Crippen molar-refractivity contribution >= 4 is 21.3 Å². The van der Waals surface area contributed by atoms with Crippen molar-refractivity contribution in [2.24, 2.45) is 0 Å². The van der Waals surface area contributed by atoms with E-state index in [0.717, 1.165) is 18.6 Å². The molecule has 2 aromatic carbocycles. The van der Waals surface area contributed by atoms with Gasteiger partial charge in [0.05, 0.1) is 0 Å². The van der Waals surface area contributed by atoms with E-state index >= 15 is 4.39 Å². The van der Waals surface area contributed by atoms with Gasteiger partial charge in [-0.2, -0.15) is 8.42 Å². The third-order valence-corrected chi connectivity index (χ3v) is 6.66. The maximum atomic E-state index is 15.2. The number of hydrogen-bond donors (Lipinski definition) is 0. The fourth-order valence-electron chi connectivity index (χ4n) is 3.68. The molecule has 5 aromatic rings. The molecule has 0 unspecified atom stereocenters. The topological polar surface area (TPSA) is 114 Å². The van der Waals surface area contributed by atoms with E-state index in [1.54, 1.807) is 19.1 Å². The highest BCUT2D eigenvalue weighted by Crippen LogP contribution is 2.30. The van der Waals surface area contributed by atoms with Crippen LogP contribution in [0.15, 0.2) is 82.7 Å². The number of nitrogens with zero attached hydrogens (tertiary/aromatic N) is 3. The van der Waals surface area contributed by atoms with Gasteiger partial charge in [-0.3, -0.25) is 0 Å². The quantitative estimate of drug-likeness (QED) is 0.285. The summed E-state index contributed by atoms with van der Waals surface area (Å²) in [5.41, 5.74) is 0.190. The van der Waals surface area contributed by atoms with Crippen LogP contribution in [0.25, 0.3) is 11.0 Å². The third kappa shape index (κ3) is 4.78. The molecule has 0 aliphatic carbocycles. The summed E-state index contributed by atoms with van der Waals surface area (Å²) in [5.74, 6) is -2.15. The predicted octanol–water partition coefficient (Wildman–Crippen LogP) is 4.53. The summed E-state index contributed by atoms with van der Waals surface area (Å²) in [5, 5.41) is 0.555. The number of rotatable bonds is 7. The highest BCUT2D eigenvalue weighted by atomic mass is 32.2. The van der Waals surface area contributed by atoms with Gasteiger partial charge in [0.1, 0.15) is 17.7 Å². The molecule has 5 rings (SSSR count). The molecule has 0 fully saturated rings. The largest absolute Gasteiger partial charge is 0.436 e. The van der Waals surface area contributed by atoms with Crippen LogP contribution in [0.1, 0.15) is 16.7 Å². The van der Waals surface area contributed by atoms with Gasteiger partial charge in [0, 0.05) is 42.0 Å². The first-order valence-corrected chi connectivity index (χ1v) is 12.1. The van der Waals surface area contributed by atoms with E-state index in [0.29, 0.717) is 14.9 Å². The Labute approximate surface area is 208 Å². The number of benzene rings is 2. The third-order valence-electron chi connectivity index (χ3n) is 5.54. The lowest BCUT2D eigenvalue weighted by Crippen LogP contribution is -2.18. The zero-order chi connectivity index (χ0) is 26.2. The van der Waals surface area contributed by atoms with Gasteiger partial charge in [0.15, 0.2) is 17.4 Å². The van der Waals surface area contributed by atoms with Gasteiger partial charge < -0.3 is 13.3 Å². The van der Waals surface area contributed by atoms with E-state index < -0.39 is 33.3 Å². The lowest BCUT2D eigenvalue weighted by molar-refractivity contribution is 0.422. The second-order valence-electron chi connectivity index (χ2n) is 7.88. The molecule has 0 N–H and O–H groups in total. The molecule has 3 heterocycles. The summed E-state index contributed by atoms with van der Waals surface area (Å²) in [7, 11) is -4.36. The Morgan fingerprint density at radius 2 is 1.92 bits per heavy atom. The van der Waals surface area contributed by atoms with Crippen molar-refractivity contribution in [2.45, 2.75) is 13.3 Å². The predicted molar refractivity (Wildman–Crippen MR) is 128 cm³/mol. The maximum absolute atomic E-state index is 15.2. The van der Waals surface area contributed by atoms with Crippen molar-refractivity contribution in [3.63, 3.8) is 0 Å². The molecule has 0 saturated heterocycles. The summed E-state index contributed by atoms with van der Waals surface area (Å²) in [4.78, 5) is 20.3. The molecule has 0 radical (unpaired) electrons. The highest BCUT2D eigenvalue weighted by molar-refractivity contribution is 7.85. The maximum Gasteiger partial charge on any atom is 0.414 e. The number of ether oxygens (including phenoxy) is 1. The lowest BCUT2D eigenvalue weighted by Gasteiger charge is -2.12. The summed E-state index contributed by atoms with van der Waals surface area (Å²) in [6.45, 7) is 1.68. The van der Waals surface area contributed by atoms with Crippen molar-refractivity contribution in [3.8, 4) is 17.4 Å². The number of hydrogen-bond acceptors (Lipinski definition) is 8. The molecule has 12 heteroatoms. The normalized spacial score (nSPS) is 11.5. The van der Waals surface area contributed by atoms with Crippen molar-refractivity contribution in [2.75, 3.05) is 0 Å². The molecule has 0 aliphatic heterocycles. The minimum atomic E-state index is -4.36. The van der Waals surface area contributed by atoms with Crippen LogP contribution in [0.4, 0.5) is 8.78 Å². The van der Waals surface area contributed by atoms with Gasteiger partial charge in [-0.25, -0.2) is 27.5 Å². The molecule has 0 saturated carbocycles. The summed E-state index contributed by atoms with van der Waals surface area (Å²) in [6.07, 6.45) is 4.58. The van der Waals surface area contributed by atoms with Gasteiger partial charge in [-0.05, 0) is 48.4 Å². The van der Waals surface area contributed by atoms with E-state index in [2.05, 4.69) is 9.97 Å². The Balaban J connectivity index is 1.46. The average molecular weight is 525 g/mol. The number of imidazole rings is 1. The van der Waals surface area contributed by atoms with Gasteiger partial charge in [-0.1, -0.05) is 12.1 Å². The van der Waals surface area contributed by atoms with Crippen LogP contribution in [0.5, 0.6) is 17.4 Å². The summed E-state index contributed by atoms with van der Waals surface area (Å²) < 4.78 is 70.3. The molecule has 0 aliphatic rings. The molecule has 9 nitrogen and oxygen atoms in total. The molecule has 0 atom stereocenters. The van der Waals surface area contributed by atoms with E-state index in [-0.39, 0.29) is 34.8 Å². The zero-order valence-corrected chi connectivity index (χ0v) is 19.9. The number of aryl methyl sites for hydroxylation is 1. The van der Waals surface area contributed by atoms with Crippen LogP contribution in [0.2, 0.25) is 0 Å². The van der Waals surface area contributed by atoms with Crippen LogP contribution in [-0.4, -0.2) is 22.4 Å². The second-order valence-corrected chi connectivity index (χ2v) is 9.33. The van der Waals surface area contributed by atoms with Crippen LogP contribution < -0.4 is 14.5 Å². The molecule has 37 heavy (non-hydrogen) atoms. The second kappa shape index (κ2) is 9.47. The summed E-state index contributed by atoms with van der Waals surface area (Å²) >= 11 is 0. The Bertz CT molecular complexity index is 1790. The number of halogens is 2. The Kier molecular flexibility index (Phi) is 6.17. The first kappa shape index (κ1) is 24.1. The van der Waals surface area contributed by atoms with E-state index in [4.69, 9.17) is 13.3 Å². The fraction of sp³-hybridized carbons (Fsp3) is 0.0800. The highest BCUT2D eigenvalue weighted by Gasteiger charge is 2.21. The molecular weight excluding hydrogens is 508 g/mol. The average Bonchev–Trinajstić information content (AvgIpc) is 3.41. The first-order valence-electron chi connectivity index (χ1n) is 10.8. The molecular formula is C25H17F2N3O6S. The standard InChI is InChI=1S/C25H17F2N3O6S/c1-15-18-8-7-17(34-24-20(26)5-3-9-29-24)13-22(18)35-25(31)19(15)12-16-4-2-6-21(23(16)27)36-37(32,33)30-11-10-28-14-30/h2-11,13-14H,12H2,1H3. The monoisotopic (exact) mass is 525 g/mol. The van der Waals surface area contributed by atoms with Crippen LogP contribution in [0.3, 0.4) is 0 Å². The van der Waals surface area contributed by atoms with Crippen LogP contribution in [-0.2, 0) is 16.7 Å². The van der Waals surface area contributed by atoms with E-state index in [9.17, 15) is 17.6 Å². The van der Waals surface area contributed by atoms with Gasteiger partial charge >= 0.3 is 15.9 Å². The number of pyridine rings is 1. The summed E-state index contributed by atoms with van der Waals surface area (Å²) in [6, 6.07) is 11.2. The first-order chi connectivity index (χ1) is 17.7. The van der Waals surface area contributed by atoms with E-state index in [1.165, 1.54) is 42.7 Å². The van der Waals surface area contributed by atoms with Crippen LogP contribution in [0, 0.1) is 18.6 Å². The van der Waals surface area contributed by atoms with Crippen LogP contribution >= 0.6 is 0 Å². The molecule has 0 spiro atoms. The molecule has 0 amide bonds. The minimum absolute atomic E-state index is 0.0265. The lowest BCUT2D eigenvalue weighted by atomic mass is 9.99. The molecule has 0 bridgehead atoms. The Hall–Kier alpha value is -4.58. The number of aromatic nitrogens is 3. The Morgan fingerprint density at radius 3 is 2.68 bits per heavy atom. The van der Waals surface area contributed by atoms with Crippen molar-refractivity contribution in [1.29, 1.82) is 0 Å². The van der Waals surface area contributed by atoms with E-state index in [1.807, 2.05) is 0 Å². The van der Waals surface area contributed by atoms with Crippen molar-refractivity contribution in [1.82, 2.24) is 13.9 Å². The smallest absolute Gasteiger partial charge is 0.414 e.